The molecule has 4 rings (SSSR count). The molecule has 1 amide bonds. The number of carboxylic acid groups (broad SMARTS) is 1. The average molecular weight is 446 g/mol. The molecule has 0 saturated heterocycles. The summed E-state index contributed by atoms with van der Waals surface area (Å²) >= 11 is 6.34. The topological polar surface area (TPSA) is 66.3 Å². The molecular formula is C26H24ClN3O2. The number of fused-ring (bicyclic) bond motifs is 1. The van der Waals surface area contributed by atoms with Gasteiger partial charge in [0.1, 0.15) is 5.15 Å². The number of hydrogen-bond acceptors (Lipinski definition) is 3. The van der Waals surface area contributed by atoms with E-state index in [1.807, 2.05) is 87.5 Å². The summed E-state index contributed by atoms with van der Waals surface area (Å²) in [5, 5.41) is 10.8. The Morgan fingerprint density at radius 1 is 1.00 bits per heavy atom. The number of amides is 1. The number of benzene rings is 2. The van der Waals surface area contributed by atoms with Gasteiger partial charge in [0.05, 0.1) is 11.2 Å². The smallest absolute Gasteiger partial charge is 0.408 e. The van der Waals surface area contributed by atoms with Crippen LogP contribution in [0.2, 0.25) is 5.15 Å². The van der Waals surface area contributed by atoms with Gasteiger partial charge in [0.25, 0.3) is 0 Å². The molecule has 0 atom stereocenters. The highest BCUT2D eigenvalue weighted by atomic mass is 35.5. The van der Waals surface area contributed by atoms with E-state index in [0.717, 1.165) is 38.9 Å². The van der Waals surface area contributed by atoms with Crippen molar-refractivity contribution in [3.8, 4) is 22.4 Å². The van der Waals surface area contributed by atoms with Crippen molar-refractivity contribution in [2.45, 2.75) is 32.9 Å². The highest BCUT2D eigenvalue weighted by molar-refractivity contribution is 6.34. The standard InChI is InChI=1S/C26H24ClN3O2/c1-26(2,3)30(25(31)32)16-17-9-11-19(12-10-17)23-20(18-7-5-4-6-8-18)15-21-22(29-23)13-14-28-24(21)27/h4-15H,16H2,1-3H3,(H,31,32). The Kier molecular flexibility index (Phi) is 5.85. The van der Waals surface area contributed by atoms with Gasteiger partial charge in [0.15, 0.2) is 0 Å². The number of carbonyl (C=O) groups is 1. The third kappa shape index (κ3) is 4.43. The highest BCUT2D eigenvalue weighted by Gasteiger charge is 2.26. The first-order valence-electron chi connectivity index (χ1n) is 10.3. The zero-order chi connectivity index (χ0) is 22.9. The molecule has 0 bridgehead atoms. The lowest BCUT2D eigenvalue weighted by molar-refractivity contribution is 0.0955. The lowest BCUT2D eigenvalue weighted by Crippen LogP contribution is -2.44. The fourth-order valence-electron chi connectivity index (χ4n) is 3.66. The van der Waals surface area contributed by atoms with Crippen molar-refractivity contribution in [2.75, 3.05) is 0 Å². The highest BCUT2D eigenvalue weighted by Crippen LogP contribution is 2.35. The van der Waals surface area contributed by atoms with Gasteiger partial charge < -0.3 is 5.11 Å². The quantitative estimate of drug-likeness (QED) is 0.347. The second-order valence-corrected chi connectivity index (χ2v) is 9.01. The molecule has 2 heterocycles. The third-order valence-electron chi connectivity index (χ3n) is 5.39. The van der Waals surface area contributed by atoms with Gasteiger partial charge in [0.2, 0.25) is 0 Å². The predicted octanol–water partition coefficient (Wildman–Crippen LogP) is 6.90. The zero-order valence-electron chi connectivity index (χ0n) is 18.2. The molecule has 2 aromatic heterocycles. The van der Waals surface area contributed by atoms with Crippen LogP contribution < -0.4 is 0 Å². The van der Waals surface area contributed by atoms with E-state index in [1.165, 1.54) is 4.90 Å². The molecule has 0 aliphatic heterocycles. The first-order chi connectivity index (χ1) is 15.2. The van der Waals surface area contributed by atoms with Gasteiger partial charge in [0, 0.05) is 34.8 Å². The van der Waals surface area contributed by atoms with Crippen LogP contribution in [0.1, 0.15) is 26.3 Å². The molecule has 0 fully saturated rings. The fraction of sp³-hybridized carbons (Fsp3) is 0.192. The third-order valence-corrected chi connectivity index (χ3v) is 5.69. The minimum absolute atomic E-state index is 0.317. The summed E-state index contributed by atoms with van der Waals surface area (Å²) in [4.78, 5) is 22.2. The van der Waals surface area contributed by atoms with Crippen LogP contribution in [0.25, 0.3) is 33.3 Å². The molecule has 0 saturated carbocycles. The van der Waals surface area contributed by atoms with Crippen molar-refractivity contribution < 1.29 is 9.90 Å². The Hall–Kier alpha value is -3.44. The number of halogens is 1. The van der Waals surface area contributed by atoms with Gasteiger partial charge in [-0.15, -0.1) is 0 Å². The Morgan fingerprint density at radius 3 is 2.31 bits per heavy atom. The summed E-state index contributed by atoms with van der Waals surface area (Å²) in [7, 11) is 0. The summed E-state index contributed by atoms with van der Waals surface area (Å²) < 4.78 is 0. The summed E-state index contributed by atoms with van der Waals surface area (Å²) in [6.07, 6.45) is 0.717. The second kappa shape index (κ2) is 8.60. The van der Waals surface area contributed by atoms with Crippen LogP contribution in [-0.2, 0) is 6.54 Å². The molecule has 1 N–H and O–H groups in total. The van der Waals surface area contributed by atoms with Crippen LogP contribution in [-0.4, -0.2) is 31.6 Å². The van der Waals surface area contributed by atoms with Gasteiger partial charge in [-0.2, -0.15) is 0 Å². The maximum atomic E-state index is 11.7. The van der Waals surface area contributed by atoms with E-state index >= 15 is 0 Å². The largest absolute Gasteiger partial charge is 0.465 e. The van der Waals surface area contributed by atoms with Crippen LogP contribution in [0.5, 0.6) is 0 Å². The second-order valence-electron chi connectivity index (χ2n) is 8.66. The van der Waals surface area contributed by atoms with E-state index in [-0.39, 0.29) is 0 Å². The van der Waals surface area contributed by atoms with Crippen molar-refractivity contribution >= 4 is 28.6 Å². The van der Waals surface area contributed by atoms with E-state index in [0.29, 0.717) is 11.7 Å². The van der Waals surface area contributed by atoms with Gasteiger partial charge in [-0.05, 0) is 44.0 Å². The molecule has 32 heavy (non-hydrogen) atoms. The van der Waals surface area contributed by atoms with E-state index < -0.39 is 11.6 Å². The summed E-state index contributed by atoms with van der Waals surface area (Å²) in [5.74, 6) is 0. The van der Waals surface area contributed by atoms with Crippen molar-refractivity contribution in [2.24, 2.45) is 0 Å². The fourth-order valence-corrected chi connectivity index (χ4v) is 3.87. The van der Waals surface area contributed by atoms with Crippen LogP contribution in [0.3, 0.4) is 0 Å². The Bertz CT molecular complexity index is 1270. The van der Waals surface area contributed by atoms with Crippen molar-refractivity contribution in [3.05, 3.63) is 83.6 Å². The van der Waals surface area contributed by atoms with Gasteiger partial charge >= 0.3 is 6.09 Å². The number of nitrogens with zero attached hydrogens (tertiary/aromatic N) is 3. The van der Waals surface area contributed by atoms with E-state index in [1.54, 1.807) is 6.20 Å². The molecule has 6 heteroatoms. The van der Waals surface area contributed by atoms with Crippen LogP contribution in [0.15, 0.2) is 72.9 Å². The molecule has 0 aliphatic carbocycles. The molecule has 2 aromatic carbocycles. The van der Waals surface area contributed by atoms with Crippen molar-refractivity contribution in [1.29, 1.82) is 0 Å². The maximum absolute atomic E-state index is 11.7. The summed E-state index contributed by atoms with van der Waals surface area (Å²) in [6.45, 7) is 5.99. The van der Waals surface area contributed by atoms with Gasteiger partial charge in [-0.25, -0.2) is 14.8 Å². The molecule has 5 nitrogen and oxygen atoms in total. The van der Waals surface area contributed by atoms with E-state index in [4.69, 9.17) is 16.6 Å². The van der Waals surface area contributed by atoms with Crippen molar-refractivity contribution in [1.82, 2.24) is 14.9 Å². The summed E-state index contributed by atoms with van der Waals surface area (Å²) in [6, 6.07) is 21.8. The Labute approximate surface area is 192 Å². The monoisotopic (exact) mass is 445 g/mol. The first kappa shape index (κ1) is 21.8. The number of pyridine rings is 2. The molecule has 0 radical (unpaired) electrons. The lowest BCUT2D eigenvalue weighted by atomic mass is 9.97. The molecule has 0 spiro atoms. The molecule has 162 valence electrons. The first-order valence-corrected chi connectivity index (χ1v) is 10.7. The van der Waals surface area contributed by atoms with E-state index in [2.05, 4.69) is 4.98 Å². The molecule has 0 unspecified atom stereocenters. The van der Waals surface area contributed by atoms with Crippen molar-refractivity contribution in [3.63, 3.8) is 0 Å². The average Bonchev–Trinajstić information content (AvgIpc) is 2.77. The SMILES string of the molecule is CC(C)(C)N(Cc1ccc(-c2nc3ccnc(Cl)c3cc2-c2ccccc2)cc1)C(=O)O. The van der Waals surface area contributed by atoms with Crippen LogP contribution >= 0.6 is 11.6 Å². The maximum Gasteiger partial charge on any atom is 0.408 e. The van der Waals surface area contributed by atoms with Crippen LogP contribution in [0, 0.1) is 0 Å². The van der Waals surface area contributed by atoms with E-state index in [9.17, 15) is 9.90 Å². The molecular weight excluding hydrogens is 422 g/mol. The number of hydrogen-bond donors (Lipinski definition) is 1. The minimum Gasteiger partial charge on any atom is -0.465 e. The van der Waals surface area contributed by atoms with Gasteiger partial charge in [-0.1, -0.05) is 66.2 Å². The number of aromatic nitrogens is 2. The normalized spacial score (nSPS) is 11.5. The van der Waals surface area contributed by atoms with Crippen LogP contribution in [0.4, 0.5) is 4.79 Å². The lowest BCUT2D eigenvalue weighted by Gasteiger charge is -2.33. The van der Waals surface area contributed by atoms with Gasteiger partial charge in [-0.3, -0.25) is 4.90 Å². The number of rotatable bonds is 4. The predicted molar refractivity (Wildman–Crippen MR) is 129 cm³/mol. The molecule has 0 aliphatic rings. The zero-order valence-corrected chi connectivity index (χ0v) is 19.0. The Balaban J connectivity index is 1.78. The minimum atomic E-state index is -0.936. The summed E-state index contributed by atoms with van der Waals surface area (Å²) in [5.41, 5.74) is 4.98. The molecule has 4 aromatic rings. The Morgan fingerprint density at radius 2 is 1.69 bits per heavy atom.